The number of hydrogen-bond acceptors (Lipinski definition) is 1. The van der Waals surface area contributed by atoms with Gasteiger partial charge in [-0.25, -0.2) is 0 Å². The summed E-state index contributed by atoms with van der Waals surface area (Å²) in [6.07, 6.45) is 5.76. The minimum absolute atomic E-state index is 0.893. The summed E-state index contributed by atoms with van der Waals surface area (Å²) in [6.45, 7) is 0. The van der Waals surface area contributed by atoms with Gasteiger partial charge in [-0.15, -0.1) is 0 Å². The molecule has 0 aliphatic carbocycles. The van der Waals surface area contributed by atoms with E-state index >= 15 is 0 Å². The largest absolute Gasteiger partial charge is 0.464 e. The Balaban J connectivity index is 2.19. The van der Waals surface area contributed by atoms with Crippen LogP contribution in [0.25, 0.3) is 17.0 Å². The molecule has 0 unspecified atom stereocenters. The third kappa shape index (κ3) is 1.44. The van der Waals surface area contributed by atoms with E-state index in [4.69, 9.17) is 4.42 Å². The molecule has 1 aromatic carbocycles. The molecular weight excluding hydrogens is 198 g/mol. The molecule has 2 aromatic heterocycles. The Morgan fingerprint density at radius 1 is 0.812 bits per heavy atom. The Morgan fingerprint density at radius 2 is 1.62 bits per heavy atom. The number of hydrogen-bond donors (Lipinski definition) is 0. The van der Waals surface area contributed by atoms with Crippen molar-refractivity contribution in [2.24, 2.45) is 0 Å². The number of aromatic nitrogens is 1. The van der Waals surface area contributed by atoms with Crippen LogP contribution in [-0.2, 0) is 0 Å². The highest BCUT2D eigenvalue weighted by molar-refractivity contribution is 5.68. The molecule has 0 spiro atoms. The maximum absolute atomic E-state index is 5.44. The quantitative estimate of drug-likeness (QED) is 0.628. The summed E-state index contributed by atoms with van der Waals surface area (Å²) in [6, 6.07) is 16.1. The topological polar surface area (TPSA) is 18.1 Å². The molecule has 3 rings (SSSR count). The molecule has 3 aromatic rings. The number of furan rings is 1. The minimum atomic E-state index is 0.893. The van der Waals surface area contributed by atoms with Gasteiger partial charge in [-0.05, 0) is 36.4 Å². The van der Waals surface area contributed by atoms with Crippen molar-refractivity contribution in [3.05, 3.63) is 67.2 Å². The zero-order valence-corrected chi connectivity index (χ0v) is 8.71. The molecule has 0 aliphatic heterocycles. The molecule has 0 saturated carbocycles. The lowest BCUT2D eigenvalue weighted by Gasteiger charge is -2.08. The second-order valence-corrected chi connectivity index (χ2v) is 3.58. The van der Waals surface area contributed by atoms with Gasteiger partial charge in [0.1, 0.15) is 5.76 Å². The maximum Gasteiger partial charge on any atom is 0.135 e. The number of para-hydroxylation sites is 1. The molecule has 2 nitrogen and oxygen atoms in total. The lowest BCUT2D eigenvalue weighted by atomic mass is 10.1. The van der Waals surface area contributed by atoms with Crippen molar-refractivity contribution in [2.75, 3.05) is 0 Å². The number of rotatable bonds is 2. The summed E-state index contributed by atoms with van der Waals surface area (Å²) in [5, 5.41) is 0. The first kappa shape index (κ1) is 9.04. The number of nitrogens with zero attached hydrogens (tertiary/aromatic N) is 1. The van der Waals surface area contributed by atoms with Crippen molar-refractivity contribution in [1.29, 1.82) is 0 Å². The average Bonchev–Trinajstić information content (AvgIpc) is 3.03. The predicted octanol–water partition coefficient (Wildman–Crippen LogP) is 3.74. The monoisotopic (exact) mass is 209 g/mol. The lowest BCUT2D eigenvalue weighted by Crippen LogP contribution is -1.92. The summed E-state index contributed by atoms with van der Waals surface area (Å²) in [7, 11) is 0. The second-order valence-electron chi connectivity index (χ2n) is 3.58. The first-order chi connectivity index (χ1) is 7.95. The predicted molar refractivity (Wildman–Crippen MR) is 63.5 cm³/mol. The Morgan fingerprint density at radius 3 is 2.38 bits per heavy atom. The van der Waals surface area contributed by atoms with Crippen LogP contribution >= 0.6 is 0 Å². The summed E-state index contributed by atoms with van der Waals surface area (Å²) >= 11 is 0. The minimum Gasteiger partial charge on any atom is -0.464 e. The number of benzene rings is 1. The van der Waals surface area contributed by atoms with Gasteiger partial charge < -0.3 is 8.98 Å². The van der Waals surface area contributed by atoms with E-state index in [1.54, 1.807) is 6.26 Å². The highest BCUT2D eigenvalue weighted by atomic mass is 16.3. The van der Waals surface area contributed by atoms with Gasteiger partial charge in [-0.2, -0.15) is 0 Å². The van der Waals surface area contributed by atoms with Crippen LogP contribution in [0.3, 0.4) is 0 Å². The Bertz CT molecular complexity index is 511. The van der Waals surface area contributed by atoms with Crippen LogP contribution in [0, 0.1) is 0 Å². The first-order valence-electron chi connectivity index (χ1n) is 5.21. The van der Waals surface area contributed by atoms with Crippen LogP contribution in [-0.4, -0.2) is 4.57 Å². The van der Waals surface area contributed by atoms with Crippen LogP contribution in [0.4, 0.5) is 0 Å². The molecule has 16 heavy (non-hydrogen) atoms. The zero-order valence-electron chi connectivity index (χ0n) is 8.71. The lowest BCUT2D eigenvalue weighted by molar-refractivity contribution is 0.582. The maximum atomic E-state index is 5.44. The molecule has 78 valence electrons. The van der Waals surface area contributed by atoms with E-state index in [-0.39, 0.29) is 0 Å². The molecule has 2 heteroatoms. The van der Waals surface area contributed by atoms with Crippen LogP contribution < -0.4 is 0 Å². The Kier molecular flexibility index (Phi) is 2.11. The van der Waals surface area contributed by atoms with E-state index < -0.39 is 0 Å². The van der Waals surface area contributed by atoms with E-state index in [0.29, 0.717) is 0 Å². The summed E-state index contributed by atoms with van der Waals surface area (Å²) in [5.74, 6) is 0.893. The molecular formula is C14H11NO. The van der Waals surface area contributed by atoms with Gasteiger partial charge in [-0.1, -0.05) is 12.1 Å². The summed E-state index contributed by atoms with van der Waals surface area (Å²) in [4.78, 5) is 0. The van der Waals surface area contributed by atoms with Crippen LogP contribution in [0.15, 0.2) is 71.6 Å². The molecule has 0 bridgehead atoms. The highest BCUT2D eigenvalue weighted by Gasteiger charge is 2.07. The van der Waals surface area contributed by atoms with Crippen molar-refractivity contribution in [2.45, 2.75) is 0 Å². The third-order valence-electron chi connectivity index (χ3n) is 2.57. The average molecular weight is 209 g/mol. The van der Waals surface area contributed by atoms with Crippen molar-refractivity contribution in [1.82, 2.24) is 4.57 Å². The molecule has 0 N–H and O–H groups in total. The van der Waals surface area contributed by atoms with Gasteiger partial charge in [0.25, 0.3) is 0 Å². The van der Waals surface area contributed by atoms with Crippen LogP contribution in [0.1, 0.15) is 0 Å². The summed E-state index contributed by atoms with van der Waals surface area (Å²) in [5.41, 5.74) is 2.23. The molecule has 0 aliphatic rings. The highest BCUT2D eigenvalue weighted by Crippen LogP contribution is 2.26. The van der Waals surface area contributed by atoms with Crippen LogP contribution in [0.5, 0.6) is 0 Å². The van der Waals surface area contributed by atoms with Crippen molar-refractivity contribution in [3.63, 3.8) is 0 Å². The normalized spacial score (nSPS) is 10.5. The Labute approximate surface area is 93.8 Å². The standard InChI is InChI=1S/C14H11NO/c1-2-7-13(15-9-3-4-10-15)12(6-1)14-8-5-11-16-14/h1-11H. The zero-order chi connectivity index (χ0) is 10.8. The van der Waals surface area contributed by atoms with Crippen LogP contribution in [0.2, 0.25) is 0 Å². The van der Waals surface area contributed by atoms with E-state index in [0.717, 1.165) is 17.0 Å². The van der Waals surface area contributed by atoms with Gasteiger partial charge >= 0.3 is 0 Å². The molecule has 0 atom stereocenters. The van der Waals surface area contributed by atoms with Crippen molar-refractivity contribution in [3.8, 4) is 17.0 Å². The van der Waals surface area contributed by atoms with E-state index in [1.165, 1.54) is 0 Å². The SMILES string of the molecule is c1coc(-c2ccccc2-n2cccc2)c1. The molecule has 0 saturated heterocycles. The van der Waals surface area contributed by atoms with Gasteiger partial charge in [-0.3, -0.25) is 0 Å². The van der Waals surface area contributed by atoms with Gasteiger partial charge in [0.05, 0.1) is 12.0 Å². The fourth-order valence-corrected chi connectivity index (χ4v) is 1.83. The molecule has 2 heterocycles. The molecule has 0 amide bonds. The van der Waals surface area contributed by atoms with Gasteiger partial charge in [0.2, 0.25) is 0 Å². The van der Waals surface area contributed by atoms with Crippen molar-refractivity contribution < 1.29 is 4.42 Å². The molecule has 0 radical (unpaired) electrons. The molecule has 0 fully saturated rings. The van der Waals surface area contributed by atoms with E-state index in [2.05, 4.69) is 16.7 Å². The van der Waals surface area contributed by atoms with Gasteiger partial charge in [0.15, 0.2) is 0 Å². The fourth-order valence-electron chi connectivity index (χ4n) is 1.83. The smallest absolute Gasteiger partial charge is 0.135 e. The van der Waals surface area contributed by atoms with Crippen molar-refractivity contribution >= 4 is 0 Å². The van der Waals surface area contributed by atoms with Gasteiger partial charge in [0, 0.05) is 18.0 Å². The summed E-state index contributed by atoms with van der Waals surface area (Å²) < 4.78 is 7.53. The Hall–Kier alpha value is -2.22. The van der Waals surface area contributed by atoms with E-state index in [1.807, 2.05) is 48.8 Å². The first-order valence-corrected chi connectivity index (χ1v) is 5.21. The fraction of sp³-hybridized carbons (Fsp3) is 0. The van der Waals surface area contributed by atoms with E-state index in [9.17, 15) is 0 Å². The second kappa shape index (κ2) is 3.74. The third-order valence-corrected chi connectivity index (χ3v) is 2.57.